The van der Waals surface area contributed by atoms with Gasteiger partial charge in [-0.15, -0.1) is 0 Å². The highest BCUT2D eigenvalue weighted by Crippen LogP contribution is 2.46. The summed E-state index contributed by atoms with van der Waals surface area (Å²) in [5.74, 6) is 2.18. The van der Waals surface area contributed by atoms with Crippen LogP contribution in [0.4, 0.5) is 13.2 Å². The summed E-state index contributed by atoms with van der Waals surface area (Å²) < 4.78 is 50.6. The van der Waals surface area contributed by atoms with Gasteiger partial charge in [0.25, 0.3) is 0 Å². The molecule has 0 aromatic carbocycles. The van der Waals surface area contributed by atoms with E-state index in [0.717, 1.165) is 96.5 Å². The van der Waals surface area contributed by atoms with Crippen LogP contribution in [0.25, 0.3) is 0 Å². The molecule has 0 aromatic heterocycles. The highest BCUT2D eigenvalue weighted by molar-refractivity contribution is 4.93. The van der Waals surface area contributed by atoms with Crippen LogP contribution in [0.1, 0.15) is 110 Å². The molecule has 0 spiro atoms. The Balaban J connectivity index is 1.17. The molecule has 192 valence electrons. The molecule has 4 rings (SSSR count). The molecule has 0 saturated heterocycles. The average molecular weight is 471 g/mol. The summed E-state index contributed by atoms with van der Waals surface area (Å²) in [5.41, 5.74) is 0. The van der Waals surface area contributed by atoms with Crippen molar-refractivity contribution in [3.8, 4) is 0 Å². The summed E-state index contributed by atoms with van der Waals surface area (Å²) in [6.45, 7) is 4.96. The molecule has 4 fully saturated rings. The molecule has 0 radical (unpaired) electrons. The number of hydrogen-bond donors (Lipinski definition) is 0. The van der Waals surface area contributed by atoms with Crippen molar-refractivity contribution in [2.75, 3.05) is 6.61 Å². The fourth-order valence-electron chi connectivity index (χ4n) is 8.16. The molecule has 33 heavy (non-hydrogen) atoms. The predicted octanol–water partition coefficient (Wildman–Crippen LogP) is 8.65. The molecule has 7 unspecified atom stereocenters. The Bertz CT molecular complexity index is 569. The van der Waals surface area contributed by atoms with Gasteiger partial charge in [-0.05, 0) is 119 Å². The van der Waals surface area contributed by atoms with Crippen molar-refractivity contribution in [1.29, 1.82) is 0 Å². The van der Waals surface area contributed by atoms with Crippen LogP contribution in [0.2, 0.25) is 0 Å². The van der Waals surface area contributed by atoms with Gasteiger partial charge >= 0.3 is 0 Å². The van der Waals surface area contributed by atoms with E-state index in [4.69, 9.17) is 4.74 Å². The third kappa shape index (κ3) is 6.50. The molecule has 0 bridgehead atoms. The summed E-state index contributed by atoms with van der Waals surface area (Å²) in [7, 11) is 0. The molecule has 4 aliphatic carbocycles. The number of halogens is 3. The maximum atomic E-state index is 15.2. The minimum absolute atomic E-state index is 0.0823. The Morgan fingerprint density at radius 3 is 1.97 bits per heavy atom. The molecule has 0 amide bonds. The first kappa shape index (κ1) is 25.8. The lowest BCUT2D eigenvalue weighted by Gasteiger charge is -2.42. The van der Waals surface area contributed by atoms with Crippen LogP contribution < -0.4 is 0 Å². The van der Waals surface area contributed by atoms with Crippen LogP contribution in [-0.4, -0.2) is 31.2 Å². The summed E-state index contributed by atoms with van der Waals surface area (Å²) in [4.78, 5) is 0. The predicted molar refractivity (Wildman–Crippen MR) is 129 cm³/mol. The van der Waals surface area contributed by atoms with Crippen molar-refractivity contribution in [3.05, 3.63) is 0 Å². The fraction of sp³-hybridized carbons (Fsp3) is 1.00. The van der Waals surface area contributed by atoms with Crippen LogP contribution in [0.5, 0.6) is 0 Å². The zero-order valence-electron chi connectivity index (χ0n) is 21.2. The Morgan fingerprint density at radius 2 is 1.30 bits per heavy atom. The zero-order valence-corrected chi connectivity index (χ0v) is 21.2. The molecule has 0 aromatic rings. The second-order valence-electron chi connectivity index (χ2n) is 12.3. The lowest BCUT2D eigenvalue weighted by atomic mass is 9.66. The molecule has 4 saturated carbocycles. The van der Waals surface area contributed by atoms with E-state index < -0.39 is 18.5 Å². The largest absolute Gasteiger partial charge is 0.379 e. The second-order valence-corrected chi connectivity index (χ2v) is 12.3. The smallest absolute Gasteiger partial charge is 0.134 e. The van der Waals surface area contributed by atoms with Gasteiger partial charge in [-0.25, -0.2) is 13.2 Å². The zero-order chi connectivity index (χ0) is 23.4. The average Bonchev–Trinajstić information content (AvgIpc) is 2.81. The minimum Gasteiger partial charge on any atom is -0.379 e. The van der Waals surface area contributed by atoms with Crippen LogP contribution in [-0.2, 0) is 4.74 Å². The third-order valence-electron chi connectivity index (χ3n) is 10.3. The minimum atomic E-state index is -1.28. The first-order valence-electron chi connectivity index (χ1n) is 14.5. The second kappa shape index (κ2) is 12.1. The van der Waals surface area contributed by atoms with Crippen LogP contribution >= 0.6 is 0 Å². The molecule has 7 atom stereocenters. The van der Waals surface area contributed by atoms with E-state index in [9.17, 15) is 4.39 Å². The van der Waals surface area contributed by atoms with E-state index in [1.165, 1.54) is 6.42 Å². The van der Waals surface area contributed by atoms with Gasteiger partial charge in [-0.3, -0.25) is 0 Å². The van der Waals surface area contributed by atoms with Gasteiger partial charge < -0.3 is 4.74 Å². The molecule has 0 N–H and O–H groups in total. The van der Waals surface area contributed by atoms with Crippen molar-refractivity contribution in [2.45, 2.75) is 135 Å². The van der Waals surface area contributed by atoms with Gasteiger partial charge in [0.1, 0.15) is 18.5 Å². The molecule has 4 heteroatoms. The summed E-state index contributed by atoms with van der Waals surface area (Å²) in [6, 6.07) is 0. The first-order valence-corrected chi connectivity index (χ1v) is 14.5. The van der Waals surface area contributed by atoms with Gasteiger partial charge in [-0.2, -0.15) is 0 Å². The molecular weight excluding hydrogens is 421 g/mol. The van der Waals surface area contributed by atoms with E-state index in [2.05, 4.69) is 6.92 Å². The van der Waals surface area contributed by atoms with E-state index in [0.29, 0.717) is 29.8 Å². The van der Waals surface area contributed by atoms with Crippen molar-refractivity contribution in [2.24, 2.45) is 41.4 Å². The third-order valence-corrected chi connectivity index (χ3v) is 10.3. The number of alkyl halides is 3. The Morgan fingerprint density at radius 1 is 0.667 bits per heavy atom. The van der Waals surface area contributed by atoms with Crippen LogP contribution in [0, 0.1) is 41.4 Å². The summed E-state index contributed by atoms with van der Waals surface area (Å²) >= 11 is 0. The highest BCUT2D eigenvalue weighted by Gasteiger charge is 2.44. The quantitative estimate of drug-likeness (QED) is 0.362. The van der Waals surface area contributed by atoms with Crippen molar-refractivity contribution in [3.63, 3.8) is 0 Å². The SMILES string of the molecule is CCOC1CCC(C2CCC(CCC3CCC(C4CCC(C)CC4F)CC3)C(F)C2F)CC1. The number of ether oxygens (including phenoxy) is 1. The van der Waals surface area contributed by atoms with E-state index >= 15 is 8.78 Å². The molecular formula is C29H49F3O. The lowest BCUT2D eigenvalue weighted by molar-refractivity contribution is -0.0329. The van der Waals surface area contributed by atoms with E-state index in [-0.39, 0.29) is 17.8 Å². The molecule has 4 aliphatic rings. The van der Waals surface area contributed by atoms with E-state index in [1.54, 1.807) is 0 Å². The van der Waals surface area contributed by atoms with Gasteiger partial charge in [0, 0.05) is 6.61 Å². The topological polar surface area (TPSA) is 9.23 Å². The van der Waals surface area contributed by atoms with Crippen molar-refractivity contribution < 1.29 is 17.9 Å². The maximum Gasteiger partial charge on any atom is 0.134 e. The summed E-state index contributed by atoms with van der Waals surface area (Å²) in [5, 5.41) is 0. The first-order chi connectivity index (χ1) is 16.0. The monoisotopic (exact) mass is 470 g/mol. The van der Waals surface area contributed by atoms with Gasteiger partial charge in [-0.1, -0.05) is 32.6 Å². The van der Waals surface area contributed by atoms with Crippen molar-refractivity contribution in [1.82, 2.24) is 0 Å². The van der Waals surface area contributed by atoms with Crippen LogP contribution in [0.3, 0.4) is 0 Å². The van der Waals surface area contributed by atoms with Gasteiger partial charge in [0.15, 0.2) is 0 Å². The fourth-order valence-corrected chi connectivity index (χ4v) is 8.16. The Labute approximate surface area is 201 Å². The Kier molecular flexibility index (Phi) is 9.49. The molecule has 0 heterocycles. The Hall–Kier alpha value is -0.250. The highest BCUT2D eigenvalue weighted by atomic mass is 19.2. The van der Waals surface area contributed by atoms with Crippen molar-refractivity contribution >= 4 is 0 Å². The maximum absolute atomic E-state index is 15.2. The molecule has 0 aliphatic heterocycles. The normalized spacial score (nSPS) is 47.4. The molecule has 1 nitrogen and oxygen atoms in total. The lowest BCUT2D eigenvalue weighted by Crippen LogP contribution is -2.42. The number of hydrogen-bond acceptors (Lipinski definition) is 1. The van der Waals surface area contributed by atoms with Gasteiger partial charge in [0.05, 0.1) is 6.10 Å². The van der Waals surface area contributed by atoms with E-state index in [1.807, 2.05) is 6.92 Å². The van der Waals surface area contributed by atoms with Crippen LogP contribution in [0.15, 0.2) is 0 Å². The van der Waals surface area contributed by atoms with Gasteiger partial charge in [0.2, 0.25) is 0 Å². The summed E-state index contributed by atoms with van der Waals surface area (Å²) in [6.07, 6.45) is 12.4. The standard InChI is InChI=1S/C29H49F3O/c1-3-33-24-14-11-22(12-15-24)26-17-13-23(28(31)29(26)32)10-7-20-5-8-21(9-6-20)25-16-4-19(2)18-27(25)30/h19-29H,3-18H2,1-2H3. The number of rotatable bonds is 7.